The molecule has 0 aliphatic heterocycles. The van der Waals surface area contributed by atoms with Crippen LogP contribution in [0.25, 0.3) is 0 Å². The molecule has 2 rings (SSSR count). The topological polar surface area (TPSA) is 100 Å². The monoisotopic (exact) mass is 401 g/mol. The Hall–Kier alpha value is -3.55. The van der Waals surface area contributed by atoms with Crippen LogP contribution >= 0.6 is 0 Å². The standard InChI is InChI=1S/C21H23NO7/c1-12-8-17(26-2)18(27-3)10-14(12)11-19(23)22-16-9-13(20(24)28-4)6-7-15(16)21(25)29-5/h6-10H,11H2,1-5H3,(H,22,23). The molecule has 0 aliphatic rings. The molecule has 8 nitrogen and oxygen atoms in total. The summed E-state index contributed by atoms with van der Waals surface area (Å²) in [7, 11) is 5.52. The summed E-state index contributed by atoms with van der Waals surface area (Å²) in [6.45, 7) is 1.85. The first kappa shape index (κ1) is 21.7. The molecule has 0 saturated heterocycles. The van der Waals surface area contributed by atoms with Gasteiger partial charge in [-0.25, -0.2) is 9.59 Å². The van der Waals surface area contributed by atoms with E-state index in [4.69, 9.17) is 14.2 Å². The SMILES string of the molecule is COC(=O)c1ccc(C(=O)OC)c(NC(=O)Cc2cc(OC)c(OC)cc2C)c1. The number of carbonyl (C=O) groups excluding carboxylic acids is 3. The fourth-order valence-corrected chi connectivity index (χ4v) is 2.76. The molecule has 0 heterocycles. The van der Waals surface area contributed by atoms with Crippen molar-refractivity contribution < 1.29 is 33.3 Å². The predicted octanol–water partition coefficient (Wildman–Crippen LogP) is 2.77. The van der Waals surface area contributed by atoms with Gasteiger partial charge in [-0.2, -0.15) is 0 Å². The fourth-order valence-electron chi connectivity index (χ4n) is 2.76. The number of ether oxygens (including phenoxy) is 4. The van der Waals surface area contributed by atoms with E-state index in [1.54, 1.807) is 12.1 Å². The molecule has 8 heteroatoms. The highest BCUT2D eigenvalue weighted by Crippen LogP contribution is 2.30. The highest BCUT2D eigenvalue weighted by atomic mass is 16.5. The highest BCUT2D eigenvalue weighted by Gasteiger charge is 2.18. The van der Waals surface area contributed by atoms with E-state index in [1.807, 2.05) is 6.92 Å². The third-order valence-electron chi connectivity index (χ3n) is 4.31. The van der Waals surface area contributed by atoms with Gasteiger partial charge in [-0.3, -0.25) is 4.79 Å². The van der Waals surface area contributed by atoms with E-state index >= 15 is 0 Å². The van der Waals surface area contributed by atoms with Gasteiger partial charge in [-0.05, 0) is 48.4 Å². The average molecular weight is 401 g/mol. The quantitative estimate of drug-likeness (QED) is 0.712. The molecule has 2 aromatic rings. The second kappa shape index (κ2) is 9.59. The maximum Gasteiger partial charge on any atom is 0.339 e. The zero-order chi connectivity index (χ0) is 21.6. The summed E-state index contributed by atoms with van der Waals surface area (Å²) >= 11 is 0. The molecule has 29 heavy (non-hydrogen) atoms. The Morgan fingerprint density at radius 1 is 0.862 bits per heavy atom. The van der Waals surface area contributed by atoms with Crippen LogP contribution in [0.15, 0.2) is 30.3 Å². The van der Waals surface area contributed by atoms with Gasteiger partial charge in [-0.1, -0.05) is 0 Å². The Morgan fingerprint density at radius 2 is 1.48 bits per heavy atom. The maximum absolute atomic E-state index is 12.7. The Kier molecular flexibility index (Phi) is 7.19. The summed E-state index contributed by atoms with van der Waals surface area (Å²) in [5.74, 6) is -0.545. The molecule has 1 N–H and O–H groups in total. The van der Waals surface area contributed by atoms with Crippen LogP contribution in [0.1, 0.15) is 31.8 Å². The molecular formula is C21H23NO7. The van der Waals surface area contributed by atoms with E-state index in [0.717, 1.165) is 11.1 Å². The smallest absolute Gasteiger partial charge is 0.339 e. The zero-order valence-electron chi connectivity index (χ0n) is 17.0. The molecule has 0 aromatic heterocycles. The molecule has 1 amide bonds. The van der Waals surface area contributed by atoms with Crippen LogP contribution in [0.4, 0.5) is 5.69 Å². The van der Waals surface area contributed by atoms with E-state index in [9.17, 15) is 14.4 Å². The third kappa shape index (κ3) is 5.04. The molecule has 0 unspecified atom stereocenters. The van der Waals surface area contributed by atoms with Gasteiger partial charge in [0.05, 0.1) is 51.7 Å². The molecule has 0 atom stereocenters. The largest absolute Gasteiger partial charge is 0.493 e. The van der Waals surface area contributed by atoms with Gasteiger partial charge in [0.25, 0.3) is 0 Å². The van der Waals surface area contributed by atoms with Crippen LogP contribution in [0.5, 0.6) is 11.5 Å². The lowest BCUT2D eigenvalue weighted by atomic mass is 10.0. The number of carbonyl (C=O) groups is 3. The highest BCUT2D eigenvalue weighted by molar-refractivity contribution is 6.03. The minimum Gasteiger partial charge on any atom is -0.493 e. The normalized spacial score (nSPS) is 10.1. The number of hydrogen-bond donors (Lipinski definition) is 1. The van der Waals surface area contributed by atoms with Crippen molar-refractivity contribution in [2.24, 2.45) is 0 Å². The van der Waals surface area contributed by atoms with Crippen LogP contribution < -0.4 is 14.8 Å². The first-order valence-electron chi connectivity index (χ1n) is 8.66. The first-order valence-corrected chi connectivity index (χ1v) is 8.66. The van der Waals surface area contributed by atoms with Crippen molar-refractivity contribution >= 4 is 23.5 Å². The molecule has 0 saturated carbocycles. The van der Waals surface area contributed by atoms with Gasteiger partial charge in [0.1, 0.15) is 0 Å². The van der Waals surface area contributed by atoms with Crippen LogP contribution in [0, 0.1) is 6.92 Å². The molecule has 0 aliphatic carbocycles. The Balaban J connectivity index is 2.32. The van der Waals surface area contributed by atoms with Gasteiger partial charge in [-0.15, -0.1) is 0 Å². The zero-order valence-corrected chi connectivity index (χ0v) is 17.0. The molecule has 0 bridgehead atoms. The molecule has 0 radical (unpaired) electrons. The molecule has 0 spiro atoms. The van der Waals surface area contributed by atoms with Gasteiger partial charge < -0.3 is 24.3 Å². The number of esters is 2. The van der Waals surface area contributed by atoms with Crippen molar-refractivity contribution in [3.05, 3.63) is 52.6 Å². The minimum absolute atomic E-state index is 0.0231. The van der Waals surface area contributed by atoms with E-state index in [-0.39, 0.29) is 29.1 Å². The second-order valence-corrected chi connectivity index (χ2v) is 6.10. The van der Waals surface area contributed by atoms with Crippen molar-refractivity contribution in [3.8, 4) is 11.5 Å². The molecule has 0 fully saturated rings. The van der Waals surface area contributed by atoms with E-state index in [1.165, 1.54) is 46.6 Å². The minimum atomic E-state index is -0.640. The van der Waals surface area contributed by atoms with E-state index in [2.05, 4.69) is 10.1 Å². The summed E-state index contributed by atoms with van der Waals surface area (Å²) in [4.78, 5) is 36.5. The maximum atomic E-state index is 12.7. The number of amides is 1. The number of hydrogen-bond acceptors (Lipinski definition) is 7. The van der Waals surface area contributed by atoms with E-state index in [0.29, 0.717) is 11.5 Å². The summed E-state index contributed by atoms with van der Waals surface area (Å²) < 4.78 is 20.0. The summed E-state index contributed by atoms with van der Waals surface area (Å²) in [5, 5.41) is 2.67. The lowest BCUT2D eigenvalue weighted by molar-refractivity contribution is -0.115. The van der Waals surface area contributed by atoms with Gasteiger partial charge >= 0.3 is 11.9 Å². The lowest BCUT2D eigenvalue weighted by Gasteiger charge is -2.14. The Labute approximate surface area is 168 Å². The Bertz CT molecular complexity index is 937. The van der Waals surface area contributed by atoms with Crippen molar-refractivity contribution in [1.82, 2.24) is 0 Å². The number of nitrogens with one attached hydrogen (secondary N) is 1. The van der Waals surface area contributed by atoms with Crippen LogP contribution in [-0.4, -0.2) is 46.3 Å². The van der Waals surface area contributed by atoms with Gasteiger partial charge in [0.2, 0.25) is 5.91 Å². The van der Waals surface area contributed by atoms with Crippen LogP contribution in [0.2, 0.25) is 0 Å². The second-order valence-electron chi connectivity index (χ2n) is 6.10. The third-order valence-corrected chi connectivity index (χ3v) is 4.31. The molecule has 154 valence electrons. The fraction of sp³-hybridized carbons (Fsp3) is 0.286. The van der Waals surface area contributed by atoms with Crippen LogP contribution in [-0.2, 0) is 20.7 Å². The van der Waals surface area contributed by atoms with E-state index < -0.39 is 11.9 Å². The van der Waals surface area contributed by atoms with Crippen molar-refractivity contribution in [2.75, 3.05) is 33.8 Å². The van der Waals surface area contributed by atoms with Gasteiger partial charge in [0, 0.05) is 0 Å². The summed E-state index contributed by atoms with van der Waals surface area (Å²) in [6.07, 6.45) is 0.0231. The number of methoxy groups -OCH3 is 4. The summed E-state index contributed by atoms with van der Waals surface area (Å²) in [5.41, 5.74) is 2.04. The van der Waals surface area contributed by atoms with Crippen LogP contribution in [0.3, 0.4) is 0 Å². The number of aryl methyl sites for hydroxylation is 1. The molecule has 2 aromatic carbocycles. The van der Waals surface area contributed by atoms with Crippen molar-refractivity contribution in [2.45, 2.75) is 13.3 Å². The molecular weight excluding hydrogens is 378 g/mol. The number of benzene rings is 2. The summed E-state index contributed by atoms with van der Waals surface area (Å²) in [6, 6.07) is 7.69. The predicted molar refractivity (Wildman–Crippen MR) is 106 cm³/mol. The first-order chi connectivity index (χ1) is 13.8. The van der Waals surface area contributed by atoms with Crippen molar-refractivity contribution in [1.29, 1.82) is 0 Å². The average Bonchev–Trinajstić information content (AvgIpc) is 2.73. The lowest BCUT2D eigenvalue weighted by Crippen LogP contribution is -2.18. The number of rotatable bonds is 7. The van der Waals surface area contributed by atoms with Gasteiger partial charge in [0.15, 0.2) is 11.5 Å². The van der Waals surface area contributed by atoms with Crippen molar-refractivity contribution in [3.63, 3.8) is 0 Å². The Morgan fingerprint density at radius 3 is 2.07 bits per heavy atom. The number of anilines is 1.